The predicted octanol–water partition coefficient (Wildman–Crippen LogP) is 5.12. The first kappa shape index (κ1) is 16.4. The van der Waals surface area contributed by atoms with Gasteiger partial charge in [-0.3, -0.25) is 0 Å². The van der Waals surface area contributed by atoms with E-state index in [9.17, 15) is 0 Å². The van der Waals surface area contributed by atoms with Crippen molar-refractivity contribution in [3.05, 3.63) is 59.5 Å². The lowest BCUT2D eigenvalue weighted by Gasteiger charge is -2.04. The fourth-order valence-corrected chi connectivity index (χ4v) is 4.89. The number of ether oxygens (including phenoxy) is 1. The number of hydrogen-bond acceptors (Lipinski definition) is 6. The molecule has 0 saturated carbocycles. The van der Waals surface area contributed by atoms with E-state index in [0.29, 0.717) is 12.5 Å². The quantitative estimate of drug-likeness (QED) is 0.212. The van der Waals surface area contributed by atoms with Crippen molar-refractivity contribution in [2.24, 2.45) is 0 Å². The van der Waals surface area contributed by atoms with Gasteiger partial charge in [0, 0.05) is 11.1 Å². The molecule has 0 aliphatic rings. The Morgan fingerprint density at radius 2 is 1.96 bits per heavy atom. The molecular formula is C19H17N3OS2. The number of benzene rings is 1. The third kappa shape index (κ3) is 3.38. The van der Waals surface area contributed by atoms with Crippen molar-refractivity contribution in [3.8, 4) is 0 Å². The van der Waals surface area contributed by atoms with Gasteiger partial charge in [0.25, 0.3) is 0 Å². The minimum absolute atomic E-state index is 0.556. The maximum Gasteiger partial charge on any atom is 0.126 e. The first-order valence-corrected chi connectivity index (χ1v) is 9.78. The van der Waals surface area contributed by atoms with Crippen LogP contribution in [0.1, 0.15) is 16.8 Å². The number of rotatable bonds is 5. The van der Waals surface area contributed by atoms with Crippen molar-refractivity contribution in [2.45, 2.75) is 25.5 Å². The first-order chi connectivity index (χ1) is 12.2. The second-order valence-corrected chi connectivity index (χ2v) is 7.73. The molecule has 6 heteroatoms. The molecular weight excluding hydrogens is 350 g/mol. The van der Waals surface area contributed by atoms with E-state index in [-0.39, 0.29) is 0 Å². The molecule has 0 spiro atoms. The number of nitrogens with zero attached hydrogens (tertiary/aromatic N) is 3. The molecule has 0 saturated heterocycles. The highest BCUT2D eigenvalue weighted by Crippen LogP contribution is 2.37. The first-order valence-electron chi connectivity index (χ1n) is 7.98. The summed E-state index contributed by atoms with van der Waals surface area (Å²) in [5, 5.41) is 2.10. The predicted molar refractivity (Wildman–Crippen MR) is 104 cm³/mol. The Labute approximate surface area is 154 Å². The van der Waals surface area contributed by atoms with Gasteiger partial charge in [0.2, 0.25) is 0 Å². The Morgan fingerprint density at radius 1 is 1.12 bits per heavy atom. The van der Waals surface area contributed by atoms with E-state index in [4.69, 9.17) is 4.74 Å². The molecule has 25 heavy (non-hydrogen) atoms. The summed E-state index contributed by atoms with van der Waals surface area (Å²) in [5.74, 6) is 0.556. The molecule has 0 unspecified atom stereocenters. The van der Waals surface area contributed by atoms with Gasteiger partial charge in [0.1, 0.15) is 16.2 Å². The summed E-state index contributed by atoms with van der Waals surface area (Å²) < 4.78 is 6.87. The Morgan fingerprint density at radius 3 is 2.80 bits per heavy atom. The third-order valence-corrected chi connectivity index (χ3v) is 5.98. The number of pyridine rings is 1. The van der Waals surface area contributed by atoms with Crippen LogP contribution >= 0.6 is 23.1 Å². The lowest BCUT2D eigenvalue weighted by molar-refractivity contribution is 0.169. The zero-order valence-electron chi connectivity index (χ0n) is 14.0. The van der Waals surface area contributed by atoms with Crippen molar-refractivity contribution in [1.82, 2.24) is 15.0 Å². The molecule has 0 atom stereocenters. The number of hydrogen-bond donors (Lipinski definition) is 0. The van der Waals surface area contributed by atoms with Crippen LogP contribution in [-0.2, 0) is 11.3 Å². The summed E-state index contributed by atoms with van der Waals surface area (Å²) in [6.45, 7) is 4.74. The van der Waals surface area contributed by atoms with Gasteiger partial charge < -0.3 is 4.74 Å². The number of aryl methyl sites for hydroxylation is 2. The standard InChI is InChI=1S/C19H17N3OS2/c1-12-8-13(2)22-18-15(12)16-17(25-18)19(21-10-20-16)24-11-23-9-14-6-4-3-5-7-14/h3-8,10H,9,11H2,1-2H3. The molecule has 0 bridgehead atoms. The van der Waals surface area contributed by atoms with Crippen LogP contribution in [0.15, 0.2) is 47.8 Å². The van der Waals surface area contributed by atoms with Crippen LogP contribution in [0.4, 0.5) is 0 Å². The van der Waals surface area contributed by atoms with E-state index >= 15 is 0 Å². The van der Waals surface area contributed by atoms with Crippen molar-refractivity contribution < 1.29 is 4.74 Å². The maximum atomic E-state index is 5.78. The average molecular weight is 367 g/mol. The Kier molecular flexibility index (Phi) is 4.65. The zero-order valence-corrected chi connectivity index (χ0v) is 15.7. The van der Waals surface area contributed by atoms with Crippen LogP contribution in [0.2, 0.25) is 0 Å². The molecule has 4 aromatic rings. The third-order valence-electron chi connectivity index (χ3n) is 3.91. The summed E-state index contributed by atoms with van der Waals surface area (Å²) in [7, 11) is 0. The number of aromatic nitrogens is 3. The molecule has 4 rings (SSSR count). The molecule has 0 aliphatic heterocycles. The molecule has 1 aromatic carbocycles. The smallest absolute Gasteiger partial charge is 0.126 e. The van der Waals surface area contributed by atoms with E-state index in [1.807, 2.05) is 25.1 Å². The van der Waals surface area contributed by atoms with Gasteiger partial charge in [-0.15, -0.1) is 11.3 Å². The fraction of sp³-hybridized carbons (Fsp3) is 0.211. The van der Waals surface area contributed by atoms with Crippen LogP contribution in [0, 0.1) is 13.8 Å². The second-order valence-electron chi connectivity index (χ2n) is 5.82. The summed E-state index contributed by atoms with van der Waals surface area (Å²) in [6, 6.07) is 12.3. The van der Waals surface area contributed by atoms with Crippen LogP contribution in [-0.4, -0.2) is 20.9 Å². The number of thioether (sulfide) groups is 1. The highest BCUT2D eigenvalue weighted by atomic mass is 32.2. The van der Waals surface area contributed by atoms with Crippen molar-refractivity contribution in [3.63, 3.8) is 0 Å². The van der Waals surface area contributed by atoms with Gasteiger partial charge >= 0.3 is 0 Å². The van der Waals surface area contributed by atoms with Gasteiger partial charge in [-0.05, 0) is 31.0 Å². The monoisotopic (exact) mass is 367 g/mol. The highest BCUT2D eigenvalue weighted by Gasteiger charge is 2.14. The highest BCUT2D eigenvalue weighted by molar-refractivity contribution is 7.99. The zero-order chi connectivity index (χ0) is 17.2. The Balaban J connectivity index is 1.57. The van der Waals surface area contributed by atoms with Gasteiger partial charge in [-0.2, -0.15) is 0 Å². The lowest BCUT2D eigenvalue weighted by Crippen LogP contribution is -1.93. The molecule has 0 amide bonds. The Bertz CT molecular complexity index is 1030. The van der Waals surface area contributed by atoms with Crippen molar-refractivity contribution in [1.29, 1.82) is 0 Å². The normalized spacial score (nSPS) is 11.4. The van der Waals surface area contributed by atoms with Crippen LogP contribution in [0.3, 0.4) is 0 Å². The Hall–Kier alpha value is -2.02. The minimum atomic E-state index is 0.556. The maximum absolute atomic E-state index is 5.78. The molecule has 4 nitrogen and oxygen atoms in total. The van der Waals surface area contributed by atoms with E-state index < -0.39 is 0 Å². The molecule has 3 aromatic heterocycles. The summed E-state index contributed by atoms with van der Waals surface area (Å²) >= 11 is 3.26. The summed E-state index contributed by atoms with van der Waals surface area (Å²) in [5.41, 5.74) is 4.41. The number of fused-ring (bicyclic) bond motifs is 3. The largest absolute Gasteiger partial charge is 0.366 e. The van der Waals surface area contributed by atoms with Gasteiger partial charge in [-0.25, -0.2) is 15.0 Å². The van der Waals surface area contributed by atoms with Crippen LogP contribution < -0.4 is 0 Å². The SMILES string of the molecule is Cc1cc(C)c2c(n1)sc1c(SCOCc3ccccc3)ncnc12. The van der Waals surface area contributed by atoms with Crippen molar-refractivity contribution >= 4 is 43.5 Å². The van der Waals surface area contributed by atoms with Crippen molar-refractivity contribution in [2.75, 3.05) is 5.94 Å². The van der Waals surface area contributed by atoms with Crippen LogP contribution in [0.25, 0.3) is 20.4 Å². The van der Waals surface area contributed by atoms with E-state index in [1.54, 1.807) is 29.4 Å². The average Bonchev–Trinajstić information content (AvgIpc) is 2.98. The van der Waals surface area contributed by atoms with Crippen LogP contribution in [0.5, 0.6) is 0 Å². The molecule has 0 aliphatic carbocycles. The molecule has 3 heterocycles. The topological polar surface area (TPSA) is 47.9 Å². The lowest BCUT2D eigenvalue weighted by atomic mass is 10.1. The van der Waals surface area contributed by atoms with Gasteiger partial charge in [-0.1, -0.05) is 42.1 Å². The van der Waals surface area contributed by atoms with Gasteiger partial charge in [0.05, 0.1) is 22.8 Å². The van der Waals surface area contributed by atoms with Gasteiger partial charge in [0.15, 0.2) is 0 Å². The minimum Gasteiger partial charge on any atom is -0.366 e. The molecule has 0 fully saturated rings. The van der Waals surface area contributed by atoms with E-state index in [2.05, 4.69) is 40.1 Å². The second kappa shape index (κ2) is 7.07. The molecule has 0 radical (unpaired) electrons. The van der Waals surface area contributed by atoms with E-state index in [1.165, 1.54) is 11.1 Å². The molecule has 126 valence electrons. The summed E-state index contributed by atoms with van der Waals surface area (Å²) in [6.07, 6.45) is 1.63. The number of thiophene rings is 1. The van der Waals surface area contributed by atoms with E-state index in [0.717, 1.165) is 31.2 Å². The summed E-state index contributed by atoms with van der Waals surface area (Å²) in [4.78, 5) is 14.6. The fourth-order valence-electron chi connectivity index (χ4n) is 2.82. The molecule has 0 N–H and O–H groups in total.